The molecule has 0 unspecified atom stereocenters. The van der Waals surface area contributed by atoms with Crippen LogP contribution in [0.5, 0.6) is 0 Å². The van der Waals surface area contributed by atoms with Crippen molar-refractivity contribution in [3.8, 4) is 0 Å². The van der Waals surface area contributed by atoms with Crippen LogP contribution in [0.4, 0.5) is 15.5 Å². The Balaban J connectivity index is 1.03. The van der Waals surface area contributed by atoms with E-state index in [4.69, 9.17) is 4.74 Å². The summed E-state index contributed by atoms with van der Waals surface area (Å²) in [7, 11) is -3.16. The van der Waals surface area contributed by atoms with Crippen molar-refractivity contribution in [2.24, 2.45) is 5.92 Å². The Labute approximate surface area is 271 Å². The Morgan fingerprint density at radius 2 is 1.67 bits per heavy atom. The number of aryl methyl sites for hydroxylation is 1. The predicted molar refractivity (Wildman–Crippen MR) is 182 cm³/mol. The summed E-state index contributed by atoms with van der Waals surface area (Å²) >= 11 is 0. The van der Waals surface area contributed by atoms with Crippen LogP contribution < -0.4 is 4.90 Å². The molecule has 1 fully saturated rings. The van der Waals surface area contributed by atoms with E-state index in [0.29, 0.717) is 13.0 Å². The summed E-state index contributed by atoms with van der Waals surface area (Å²) < 4.78 is 22.4. The molecule has 7 rings (SSSR count). The first-order chi connectivity index (χ1) is 22.1. The SMILES string of the molecule is C[C@H]1[C@H]([Si](C)(C)F)[C@@H](CC(=O)N2Cc3ccccc3C[C@H]2CO)O[C@H]1CCc1ccc(N2C(=O)c3cccc4cccc2c34)cc1. The summed E-state index contributed by atoms with van der Waals surface area (Å²) in [5, 5.41) is 12.2. The molecule has 0 radical (unpaired) electrons. The van der Waals surface area contributed by atoms with Crippen molar-refractivity contribution in [1.82, 2.24) is 4.90 Å². The molecule has 0 spiro atoms. The second kappa shape index (κ2) is 12.1. The highest BCUT2D eigenvalue weighted by Gasteiger charge is 2.52. The molecule has 6 nitrogen and oxygen atoms in total. The van der Waals surface area contributed by atoms with Gasteiger partial charge in [-0.15, -0.1) is 0 Å². The fourth-order valence-corrected chi connectivity index (χ4v) is 10.7. The van der Waals surface area contributed by atoms with E-state index in [1.54, 1.807) is 22.9 Å². The van der Waals surface area contributed by atoms with Crippen molar-refractivity contribution in [3.63, 3.8) is 0 Å². The van der Waals surface area contributed by atoms with Gasteiger partial charge in [0.05, 0.1) is 42.5 Å². The molecule has 3 aliphatic rings. The van der Waals surface area contributed by atoms with E-state index in [1.165, 1.54) is 0 Å². The van der Waals surface area contributed by atoms with Gasteiger partial charge in [0.25, 0.3) is 5.91 Å². The Morgan fingerprint density at radius 3 is 2.39 bits per heavy atom. The molecule has 1 saturated heterocycles. The third-order valence-corrected chi connectivity index (χ3v) is 12.9. The van der Waals surface area contributed by atoms with Crippen molar-refractivity contribution < 1.29 is 23.5 Å². The topological polar surface area (TPSA) is 70.1 Å². The zero-order chi connectivity index (χ0) is 32.2. The molecule has 1 N–H and O–H groups in total. The third kappa shape index (κ3) is 5.46. The maximum Gasteiger partial charge on any atom is 0.263 e. The molecule has 0 aromatic heterocycles. The van der Waals surface area contributed by atoms with Gasteiger partial charge in [0.2, 0.25) is 14.3 Å². The molecular weight excluding hydrogens is 596 g/mol. The number of rotatable bonds is 8. The number of fused-ring (bicyclic) bond motifs is 1. The second-order valence-electron chi connectivity index (χ2n) is 13.7. The molecule has 4 aromatic carbocycles. The van der Waals surface area contributed by atoms with Crippen molar-refractivity contribution in [2.45, 2.75) is 76.0 Å². The van der Waals surface area contributed by atoms with E-state index in [2.05, 4.69) is 25.1 Å². The average Bonchev–Trinajstić information content (AvgIpc) is 3.53. The molecular formula is C38H41FN2O4Si. The maximum absolute atomic E-state index is 15.8. The molecule has 46 heavy (non-hydrogen) atoms. The number of ether oxygens (including phenoxy) is 1. The lowest BCUT2D eigenvalue weighted by molar-refractivity contribution is -0.138. The number of carbonyl (C=O) groups is 2. The Hall–Kier alpha value is -3.85. The van der Waals surface area contributed by atoms with Crippen LogP contribution in [-0.2, 0) is 28.9 Å². The van der Waals surface area contributed by atoms with Gasteiger partial charge < -0.3 is 18.9 Å². The smallest absolute Gasteiger partial charge is 0.263 e. The summed E-state index contributed by atoms with van der Waals surface area (Å²) in [6, 6.07) is 27.7. The fraction of sp³-hybridized carbons (Fsp3) is 0.368. The predicted octanol–water partition coefficient (Wildman–Crippen LogP) is 7.35. The van der Waals surface area contributed by atoms with Crippen molar-refractivity contribution in [3.05, 3.63) is 107 Å². The van der Waals surface area contributed by atoms with Gasteiger partial charge in [0.1, 0.15) is 0 Å². The fourth-order valence-electron chi connectivity index (χ4n) is 8.20. The second-order valence-corrected chi connectivity index (χ2v) is 17.5. The van der Waals surface area contributed by atoms with Gasteiger partial charge in [0, 0.05) is 23.2 Å². The molecule has 2 amide bonds. The molecule has 0 saturated carbocycles. The normalized spacial score (nSPS) is 24.1. The first kappa shape index (κ1) is 30.8. The number of anilines is 2. The minimum atomic E-state index is -3.16. The molecule has 0 bridgehead atoms. The number of halogens is 1. The summed E-state index contributed by atoms with van der Waals surface area (Å²) in [5.74, 6) is -0.114. The van der Waals surface area contributed by atoms with Gasteiger partial charge >= 0.3 is 0 Å². The number of carbonyl (C=O) groups excluding carboxylic acids is 2. The van der Waals surface area contributed by atoms with E-state index < -0.39 is 14.5 Å². The number of aliphatic hydroxyl groups excluding tert-OH is 1. The van der Waals surface area contributed by atoms with Gasteiger partial charge in [-0.05, 0) is 84.6 Å². The van der Waals surface area contributed by atoms with Crippen LogP contribution in [0, 0.1) is 5.92 Å². The van der Waals surface area contributed by atoms with Crippen LogP contribution in [0.1, 0.15) is 46.8 Å². The lowest BCUT2D eigenvalue weighted by atomic mass is 9.93. The first-order valence-electron chi connectivity index (χ1n) is 16.4. The van der Waals surface area contributed by atoms with E-state index in [1.807, 2.05) is 66.7 Å². The molecule has 3 aliphatic heterocycles. The molecule has 3 heterocycles. The average molecular weight is 637 g/mol. The minimum absolute atomic E-state index is 0.0133. The van der Waals surface area contributed by atoms with Gasteiger partial charge in [-0.25, -0.2) is 0 Å². The monoisotopic (exact) mass is 636 g/mol. The third-order valence-electron chi connectivity index (χ3n) is 10.4. The number of amides is 2. The summed E-state index contributed by atoms with van der Waals surface area (Å²) in [6.07, 6.45) is 1.56. The number of hydrogen-bond donors (Lipinski definition) is 1. The number of hydrogen-bond acceptors (Lipinski definition) is 4. The zero-order valence-electron chi connectivity index (χ0n) is 26.7. The summed E-state index contributed by atoms with van der Waals surface area (Å²) in [5.41, 5.74) is 5.54. The standard InChI is InChI=1S/C38H41FN2O4Si/c1-24-33(19-16-25-14-17-29(18-15-25)41-32-13-7-11-26-10-6-12-31(36(26)32)38(41)44)45-34(37(24)46(2,3)39)21-35(43)40-22-28-9-5-4-8-27(28)20-30(40)23-42/h4-15,17-18,24,30,33-34,37,42H,16,19-23H2,1-3H3/t24-,30+,33+,34-,37+/m1/s1. The Morgan fingerprint density at radius 1 is 0.957 bits per heavy atom. The van der Waals surface area contributed by atoms with Crippen LogP contribution in [0.3, 0.4) is 0 Å². The van der Waals surface area contributed by atoms with Crippen molar-refractivity contribution in [1.29, 1.82) is 0 Å². The van der Waals surface area contributed by atoms with Gasteiger partial charge in [-0.3, -0.25) is 14.5 Å². The van der Waals surface area contributed by atoms with Gasteiger partial charge in [0.15, 0.2) is 0 Å². The number of nitrogens with zero attached hydrogens (tertiary/aromatic N) is 2. The van der Waals surface area contributed by atoms with E-state index in [0.717, 1.165) is 57.2 Å². The van der Waals surface area contributed by atoms with E-state index in [9.17, 15) is 14.7 Å². The lowest BCUT2D eigenvalue weighted by Crippen LogP contribution is -2.48. The summed E-state index contributed by atoms with van der Waals surface area (Å²) in [4.78, 5) is 30.6. The lowest BCUT2D eigenvalue weighted by Gasteiger charge is -2.37. The number of benzene rings is 4. The van der Waals surface area contributed by atoms with Crippen LogP contribution >= 0.6 is 0 Å². The quantitative estimate of drug-likeness (QED) is 0.162. The molecule has 5 atom stereocenters. The Bertz CT molecular complexity index is 1780. The van der Waals surface area contributed by atoms with Gasteiger partial charge in [-0.2, -0.15) is 0 Å². The highest BCUT2D eigenvalue weighted by molar-refractivity contribution is 6.72. The van der Waals surface area contributed by atoms with Crippen LogP contribution in [0.15, 0.2) is 84.9 Å². The Kier molecular flexibility index (Phi) is 8.07. The van der Waals surface area contributed by atoms with Crippen molar-refractivity contribution >= 4 is 42.4 Å². The van der Waals surface area contributed by atoms with Crippen LogP contribution in [0.25, 0.3) is 10.8 Å². The van der Waals surface area contributed by atoms with E-state index >= 15 is 4.11 Å². The largest absolute Gasteiger partial charge is 0.394 e. The van der Waals surface area contributed by atoms with Gasteiger partial charge in [-0.1, -0.05) is 67.6 Å². The molecule has 238 valence electrons. The van der Waals surface area contributed by atoms with Crippen LogP contribution in [-0.4, -0.2) is 55.1 Å². The van der Waals surface area contributed by atoms with Crippen molar-refractivity contribution in [2.75, 3.05) is 11.5 Å². The minimum Gasteiger partial charge on any atom is -0.394 e. The highest BCUT2D eigenvalue weighted by Crippen LogP contribution is 2.47. The highest BCUT2D eigenvalue weighted by atomic mass is 28.4. The maximum atomic E-state index is 15.8. The molecule has 4 aromatic rings. The molecule has 8 heteroatoms. The molecule has 0 aliphatic carbocycles. The van der Waals surface area contributed by atoms with Crippen LogP contribution in [0.2, 0.25) is 18.6 Å². The zero-order valence-corrected chi connectivity index (χ0v) is 27.7. The summed E-state index contributed by atoms with van der Waals surface area (Å²) in [6.45, 7) is 5.87. The number of aliphatic hydroxyl groups is 1. The van der Waals surface area contributed by atoms with E-state index in [-0.39, 0.29) is 48.4 Å². The first-order valence-corrected chi connectivity index (χ1v) is 19.4.